The minimum Gasteiger partial charge on any atom is -0.497 e. The second-order valence-corrected chi connectivity index (χ2v) is 11.5. The van der Waals surface area contributed by atoms with Crippen LogP contribution in [0.3, 0.4) is 0 Å². The van der Waals surface area contributed by atoms with Crippen LogP contribution in [-0.2, 0) is 12.8 Å². The number of nitrogens with zero attached hydrogens (tertiary/aromatic N) is 1. The lowest BCUT2D eigenvalue weighted by atomic mass is 9.72. The van der Waals surface area contributed by atoms with Crippen LogP contribution >= 0.6 is 27.3 Å². The molecule has 0 bridgehead atoms. The number of methoxy groups -OCH3 is 1. The molecule has 0 saturated carbocycles. The SMILES string of the molecule is COc1ccc(C=Nc2sc3c(c2C(=O)Nc2ccc(Br)cc2)CC[C@@H](C(C)(C)C)C3)cc1. The molecule has 4 rings (SSSR count). The number of amides is 1. The van der Waals surface area contributed by atoms with Gasteiger partial charge in [0.25, 0.3) is 5.91 Å². The van der Waals surface area contributed by atoms with E-state index in [0.29, 0.717) is 5.92 Å². The van der Waals surface area contributed by atoms with Crippen LogP contribution in [0.2, 0.25) is 0 Å². The molecule has 0 fully saturated rings. The fraction of sp³-hybridized carbons (Fsp3) is 0.333. The van der Waals surface area contributed by atoms with Gasteiger partial charge in [0.15, 0.2) is 0 Å². The number of hydrogen-bond acceptors (Lipinski definition) is 4. The Morgan fingerprint density at radius 2 is 1.85 bits per heavy atom. The van der Waals surface area contributed by atoms with Gasteiger partial charge in [0, 0.05) is 21.3 Å². The molecule has 1 aliphatic carbocycles. The number of halogens is 1. The van der Waals surface area contributed by atoms with Crippen LogP contribution < -0.4 is 10.1 Å². The number of ether oxygens (including phenoxy) is 1. The molecule has 0 spiro atoms. The standard InChI is InChI=1S/C27H29BrN2O2S/c1-27(2,3)18-7-14-22-23(15-18)33-26(29-16-17-5-12-21(32-4)13-6-17)24(22)25(31)30-20-10-8-19(28)9-11-20/h5-6,8-13,16,18H,7,14-15H2,1-4H3,(H,30,31)/t18-/m1/s1. The molecule has 0 radical (unpaired) electrons. The van der Waals surface area contributed by atoms with Gasteiger partial charge in [-0.25, -0.2) is 4.99 Å². The third-order valence-electron chi connectivity index (χ3n) is 6.25. The van der Waals surface area contributed by atoms with Crippen LogP contribution in [-0.4, -0.2) is 19.2 Å². The zero-order valence-corrected chi connectivity index (χ0v) is 21.8. The summed E-state index contributed by atoms with van der Waals surface area (Å²) in [6, 6.07) is 15.4. The Balaban J connectivity index is 1.68. The predicted molar refractivity (Wildman–Crippen MR) is 142 cm³/mol. The van der Waals surface area contributed by atoms with Gasteiger partial charge in [0.05, 0.1) is 12.7 Å². The highest BCUT2D eigenvalue weighted by molar-refractivity contribution is 9.10. The zero-order valence-electron chi connectivity index (χ0n) is 19.4. The van der Waals surface area contributed by atoms with Crippen LogP contribution in [0, 0.1) is 11.3 Å². The highest BCUT2D eigenvalue weighted by Gasteiger charge is 2.33. The van der Waals surface area contributed by atoms with E-state index in [1.165, 1.54) is 4.88 Å². The summed E-state index contributed by atoms with van der Waals surface area (Å²) in [7, 11) is 1.65. The van der Waals surface area contributed by atoms with Crippen molar-refractivity contribution in [3.63, 3.8) is 0 Å². The van der Waals surface area contributed by atoms with E-state index in [1.807, 2.05) is 54.7 Å². The van der Waals surface area contributed by atoms with Gasteiger partial charge in [-0.05, 0) is 90.3 Å². The van der Waals surface area contributed by atoms with E-state index in [4.69, 9.17) is 9.73 Å². The van der Waals surface area contributed by atoms with Crippen molar-refractivity contribution in [2.24, 2.45) is 16.3 Å². The maximum absolute atomic E-state index is 13.4. The fourth-order valence-electron chi connectivity index (χ4n) is 4.19. The van der Waals surface area contributed by atoms with Gasteiger partial charge in [0.1, 0.15) is 10.8 Å². The van der Waals surface area contributed by atoms with Crippen molar-refractivity contribution >= 4 is 50.1 Å². The molecule has 0 unspecified atom stereocenters. The first-order valence-corrected chi connectivity index (χ1v) is 12.7. The number of thiophene rings is 1. The maximum Gasteiger partial charge on any atom is 0.259 e. The van der Waals surface area contributed by atoms with Crippen LogP contribution in [0.4, 0.5) is 10.7 Å². The summed E-state index contributed by atoms with van der Waals surface area (Å²) < 4.78 is 6.22. The molecule has 0 saturated heterocycles. The van der Waals surface area contributed by atoms with Crippen LogP contribution in [0.25, 0.3) is 0 Å². The normalized spacial score (nSPS) is 16.0. The predicted octanol–water partition coefficient (Wildman–Crippen LogP) is 7.67. The van der Waals surface area contributed by atoms with E-state index in [-0.39, 0.29) is 11.3 Å². The minimum atomic E-state index is -0.0917. The molecule has 172 valence electrons. The fourth-order valence-corrected chi connectivity index (χ4v) is 5.72. The molecule has 1 atom stereocenters. The Morgan fingerprint density at radius 1 is 1.15 bits per heavy atom. The molecule has 1 heterocycles. The van der Waals surface area contributed by atoms with Crippen LogP contribution in [0.5, 0.6) is 5.75 Å². The van der Waals surface area contributed by atoms with Crippen molar-refractivity contribution in [1.82, 2.24) is 0 Å². The largest absolute Gasteiger partial charge is 0.497 e. The second kappa shape index (κ2) is 9.82. The highest BCUT2D eigenvalue weighted by Crippen LogP contribution is 2.45. The summed E-state index contributed by atoms with van der Waals surface area (Å²) in [5.74, 6) is 1.32. The van der Waals surface area contributed by atoms with Gasteiger partial charge in [-0.1, -0.05) is 36.7 Å². The molecular weight excluding hydrogens is 496 g/mol. The lowest BCUT2D eigenvalue weighted by molar-refractivity contribution is 0.102. The van der Waals surface area contributed by atoms with E-state index in [2.05, 4.69) is 42.0 Å². The Morgan fingerprint density at radius 3 is 2.48 bits per heavy atom. The van der Waals surface area contributed by atoms with Crippen molar-refractivity contribution in [2.45, 2.75) is 40.0 Å². The van der Waals surface area contributed by atoms with E-state index in [0.717, 1.165) is 56.9 Å². The molecule has 6 heteroatoms. The lowest BCUT2D eigenvalue weighted by Gasteiger charge is -2.33. The topological polar surface area (TPSA) is 50.7 Å². The van der Waals surface area contributed by atoms with Crippen LogP contribution in [0.15, 0.2) is 58.0 Å². The van der Waals surface area contributed by atoms with Crippen molar-refractivity contribution in [3.05, 3.63) is 74.6 Å². The first-order chi connectivity index (χ1) is 15.7. The van der Waals surface area contributed by atoms with Gasteiger partial charge in [0.2, 0.25) is 0 Å². The average molecular weight is 526 g/mol. The number of nitrogens with one attached hydrogen (secondary N) is 1. The molecule has 0 aliphatic heterocycles. The maximum atomic E-state index is 13.4. The van der Waals surface area contributed by atoms with Crippen LogP contribution in [0.1, 0.15) is 53.6 Å². The first-order valence-electron chi connectivity index (χ1n) is 11.1. The Kier molecular flexibility index (Phi) is 7.05. The number of benzene rings is 2. The molecule has 1 aromatic heterocycles. The lowest BCUT2D eigenvalue weighted by Crippen LogP contribution is -2.27. The summed E-state index contributed by atoms with van der Waals surface area (Å²) in [4.78, 5) is 19.5. The molecule has 3 aromatic rings. The molecular formula is C27H29BrN2O2S. The molecule has 1 N–H and O–H groups in total. The number of fused-ring (bicyclic) bond motifs is 1. The first kappa shape index (κ1) is 23.7. The zero-order chi connectivity index (χ0) is 23.6. The van der Waals surface area contributed by atoms with Gasteiger partial charge in [-0.2, -0.15) is 0 Å². The summed E-state index contributed by atoms with van der Waals surface area (Å²) in [6.07, 6.45) is 4.83. The van der Waals surface area contributed by atoms with Gasteiger partial charge in [-0.3, -0.25) is 4.79 Å². The highest BCUT2D eigenvalue weighted by atomic mass is 79.9. The quantitative estimate of drug-likeness (QED) is 0.348. The van der Waals surface area contributed by atoms with Crippen molar-refractivity contribution < 1.29 is 9.53 Å². The third-order valence-corrected chi connectivity index (χ3v) is 7.94. The van der Waals surface area contributed by atoms with E-state index in [1.54, 1.807) is 18.4 Å². The average Bonchev–Trinajstić information content (AvgIpc) is 3.16. The smallest absolute Gasteiger partial charge is 0.259 e. The summed E-state index contributed by atoms with van der Waals surface area (Å²) in [5.41, 5.74) is 3.87. The number of carbonyl (C=O) groups excluding carboxylic acids is 1. The Labute approximate surface area is 208 Å². The number of anilines is 1. The van der Waals surface area contributed by atoms with E-state index in [9.17, 15) is 4.79 Å². The van der Waals surface area contributed by atoms with E-state index >= 15 is 0 Å². The van der Waals surface area contributed by atoms with Crippen molar-refractivity contribution in [2.75, 3.05) is 12.4 Å². The number of aliphatic imine (C=N–C) groups is 1. The van der Waals surface area contributed by atoms with Gasteiger partial charge < -0.3 is 10.1 Å². The Bertz CT molecular complexity index is 1160. The van der Waals surface area contributed by atoms with Gasteiger partial charge >= 0.3 is 0 Å². The summed E-state index contributed by atoms with van der Waals surface area (Å²) in [6.45, 7) is 6.92. The molecule has 33 heavy (non-hydrogen) atoms. The molecule has 2 aromatic carbocycles. The molecule has 1 aliphatic rings. The van der Waals surface area contributed by atoms with Gasteiger partial charge in [-0.15, -0.1) is 11.3 Å². The van der Waals surface area contributed by atoms with Crippen molar-refractivity contribution in [3.8, 4) is 5.75 Å². The minimum absolute atomic E-state index is 0.0917. The van der Waals surface area contributed by atoms with E-state index < -0.39 is 0 Å². The Hall–Kier alpha value is -2.44. The van der Waals surface area contributed by atoms with Crippen molar-refractivity contribution in [1.29, 1.82) is 0 Å². The second-order valence-electron chi connectivity index (χ2n) is 9.48. The number of rotatable bonds is 5. The molecule has 1 amide bonds. The number of carbonyl (C=O) groups is 1. The number of hydrogen-bond donors (Lipinski definition) is 1. The molecule has 4 nitrogen and oxygen atoms in total. The monoisotopic (exact) mass is 524 g/mol. The third kappa shape index (κ3) is 5.56. The summed E-state index contributed by atoms with van der Waals surface area (Å²) >= 11 is 5.11. The summed E-state index contributed by atoms with van der Waals surface area (Å²) in [5, 5.41) is 3.85.